The Balaban J connectivity index is 2.19. The molecule has 2 atom stereocenters. The lowest BCUT2D eigenvalue weighted by atomic mass is 10.1. The van der Waals surface area contributed by atoms with Crippen LogP contribution in [0.5, 0.6) is 11.5 Å². The standard InChI is InChI=1S/C31H48O7/c1-3-4-5-6-7-8-9-10-11-12-13-14-15-16-17-18-30(35)38-29(24-32)31(36)27(34)22-20-25-19-21-26(33)28(23-25)37-2/h10-11,19-23,29,31-33,36H,3-9,12-18,24H2,1-2H3/b11-10-,22-20?/t29-,31?/m0/s1. The second kappa shape index (κ2) is 21.3. The molecule has 0 fully saturated rings. The lowest BCUT2D eigenvalue weighted by Crippen LogP contribution is -2.39. The Labute approximate surface area is 228 Å². The maximum Gasteiger partial charge on any atom is 0.306 e. The smallest absolute Gasteiger partial charge is 0.306 e. The molecule has 1 rings (SSSR count). The molecular formula is C31H48O7. The van der Waals surface area contributed by atoms with Crippen LogP contribution in [0.25, 0.3) is 6.08 Å². The van der Waals surface area contributed by atoms with Gasteiger partial charge in [0.1, 0.15) is 0 Å². The lowest BCUT2D eigenvalue weighted by molar-refractivity contribution is -0.160. The second-order valence-electron chi connectivity index (χ2n) is 9.66. The van der Waals surface area contributed by atoms with Crippen molar-refractivity contribution in [3.05, 3.63) is 42.0 Å². The van der Waals surface area contributed by atoms with Crippen LogP contribution in [0, 0.1) is 0 Å². The SMILES string of the molecule is CCCCCCCC/C=C\CCCCCCCC(=O)O[C@@H](CO)C(O)C(=O)C=Cc1ccc(O)c(OC)c1. The minimum absolute atomic E-state index is 0.0329. The van der Waals surface area contributed by atoms with Crippen LogP contribution in [0.2, 0.25) is 0 Å². The summed E-state index contributed by atoms with van der Waals surface area (Å²) in [5, 5.41) is 29.4. The molecule has 0 radical (unpaired) electrons. The first-order valence-electron chi connectivity index (χ1n) is 14.1. The number of ether oxygens (including phenoxy) is 2. The van der Waals surface area contributed by atoms with E-state index in [0.29, 0.717) is 12.0 Å². The van der Waals surface area contributed by atoms with Crippen LogP contribution < -0.4 is 4.74 Å². The maximum absolute atomic E-state index is 12.3. The quantitative estimate of drug-likeness (QED) is 0.0696. The fraction of sp³-hybridized carbons (Fsp3) is 0.613. The molecule has 0 saturated heterocycles. The number of aliphatic hydroxyl groups is 2. The third-order valence-corrected chi connectivity index (χ3v) is 6.39. The summed E-state index contributed by atoms with van der Waals surface area (Å²) < 4.78 is 10.2. The fourth-order valence-corrected chi connectivity index (χ4v) is 4.03. The van der Waals surface area contributed by atoms with Gasteiger partial charge in [-0.2, -0.15) is 0 Å². The molecule has 0 saturated carbocycles. The number of methoxy groups -OCH3 is 1. The molecule has 214 valence electrons. The van der Waals surface area contributed by atoms with Crippen LogP contribution in [-0.2, 0) is 14.3 Å². The number of benzene rings is 1. The third-order valence-electron chi connectivity index (χ3n) is 6.39. The lowest BCUT2D eigenvalue weighted by Gasteiger charge is -2.19. The Hall–Kier alpha value is -2.64. The molecule has 7 nitrogen and oxygen atoms in total. The van der Waals surface area contributed by atoms with Crippen molar-refractivity contribution in [1.82, 2.24) is 0 Å². The highest BCUT2D eigenvalue weighted by Crippen LogP contribution is 2.26. The number of carbonyl (C=O) groups excluding carboxylic acids is 2. The van der Waals surface area contributed by atoms with Crippen molar-refractivity contribution in [2.45, 2.75) is 109 Å². The Bertz CT molecular complexity index is 847. The van der Waals surface area contributed by atoms with E-state index in [1.165, 1.54) is 70.3 Å². The number of hydrogen-bond donors (Lipinski definition) is 3. The molecule has 0 bridgehead atoms. The van der Waals surface area contributed by atoms with Gasteiger partial charge in [-0.3, -0.25) is 9.59 Å². The number of ketones is 1. The Kier molecular flexibility index (Phi) is 18.7. The number of esters is 1. The van der Waals surface area contributed by atoms with Gasteiger partial charge in [0.05, 0.1) is 13.7 Å². The topological polar surface area (TPSA) is 113 Å². The van der Waals surface area contributed by atoms with Crippen molar-refractivity contribution in [3.8, 4) is 11.5 Å². The molecule has 0 amide bonds. The van der Waals surface area contributed by atoms with Crippen molar-refractivity contribution in [2.75, 3.05) is 13.7 Å². The monoisotopic (exact) mass is 532 g/mol. The van der Waals surface area contributed by atoms with Gasteiger partial charge < -0.3 is 24.8 Å². The molecule has 0 aliphatic rings. The van der Waals surface area contributed by atoms with E-state index >= 15 is 0 Å². The van der Waals surface area contributed by atoms with Gasteiger partial charge in [0.15, 0.2) is 29.5 Å². The molecule has 1 aromatic carbocycles. The summed E-state index contributed by atoms with van der Waals surface area (Å²) in [5.74, 6) is -1.03. The van der Waals surface area contributed by atoms with Crippen LogP contribution in [-0.4, -0.2) is 53.0 Å². The first kappa shape index (κ1) is 33.4. The molecule has 1 aromatic rings. The normalized spacial score (nSPS) is 13.2. The summed E-state index contributed by atoms with van der Waals surface area (Å²) >= 11 is 0. The largest absolute Gasteiger partial charge is 0.504 e. The number of phenolic OH excluding ortho intramolecular Hbond substituents is 1. The summed E-state index contributed by atoms with van der Waals surface area (Å²) in [4.78, 5) is 24.4. The van der Waals surface area contributed by atoms with E-state index in [1.807, 2.05) is 0 Å². The van der Waals surface area contributed by atoms with Gasteiger partial charge in [0.2, 0.25) is 0 Å². The second-order valence-corrected chi connectivity index (χ2v) is 9.66. The average molecular weight is 533 g/mol. The fourth-order valence-electron chi connectivity index (χ4n) is 4.03. The molecule has 3 N–H and O–H groups in total. The zero-order valence-electron chi connectivity index (χ0n) is 23.3. The number of allylic oxidation sites excluding steroid dienone is 2. The van der Waals surface area contributed by atoms with Crippen molar-refractivity contribution in [3.63, 3.8) is 0 Å². The summed E-state index contributed by atoms with van der Waals surface area (Å²) in [6.45, 7) is 1.58. The minimum Gasteiger partial charge on any atom is -0.504 e. The first-order chi connectivity index (χ1) is 18.4. The highest BCUT2D eigenvalue weighted by molar-refractivity contribution is 5.97. The van der Waals surface area contributed by atoms with Crippen molar-refractivity contribution >= 4 is 17.8 Å². The number of phenols is 1. The first-order valence-corrected chi connectivity index (χ1v) is 14.1. The highest BCUT2D eigenvalue weighted by Gasteiger charge is 2.27. The molecule has 0 heterocycles. The zero-order chi connectivity index (χ0) is 28.0. The summed E-state index contributed by atoms with van der Waals surface area (Å²) in [5.41, 5.74) is 0.571. The van der Waals surface area contributed by atoms with Gasteiger partial charge in [0, 0.05) is 6.42 Å². The zero-order valence-corrected chi connectivity index (χ0v) is 23.3. The van der Waals surface area contributed by atoms with Gasteiger partial charge in [-0.05, 0) is 55.9 Å². The minimum atomic E-state index is -1.67. The van der Waals surface area contributed by atoms with Gasteiger partial charge in [0.25, 0.3) is 0 Å². The molecular weight excluding hydrogens is 484 g/mol. The van der Waals surface area contributed by atoms with Gasteiger partial charge >= 0.3 is 5.97 Å². The van der Waals surface area contributed by atoms with Crippen LogP contribution in [0.4, 0.5) is 0 Å². The van der Waals surface area contributed by atoms with Crippen LogP contribution in [0.15, 0.2) is 36.4 Å². The molecule has 7 heteroatoms. The van der Waals surface area contributed by atoms with E-state index < -0.39 is 30.6 Å². The Morgan fingerprint density at radius 1 is 0.921 bits per heavy atom. The number of rotatable bonds is 22. The van der Waals surface area contributed by atoms with E-state index in [0.717, 1.165) is 38.2 Å². The number of carbonyl (C=O) groups is 2. The third kappa shape index (κ3) is 14.9. The van der Waals surface area contributed by atoms with E-state index in [1.54, 1.807) is 6.07 Å². The number of aliphatic hydroxyl groups excluding tert-OH is 2. The number of unbranched alkanes of at least 4 members (excludes halogenated alkanes) is 11. The van der Waals surface area contributed by atoms with Gasteiger partial charge in [-0.25, -0.2) is 0 Å². The van der Waals surface area contributed by atoms with Crippen molar-refractivity contribution < 1.29 is 34.4 Å². The Morgan fingerprint density at radius 3 is 2.13 bits per heavy atom. The summed E-state index contributed by atoms with van der Waals surface area (Å²) in [7, 11) is 1.41. The molecule has 0 spiro atoms. The molecule has 38 heavy (non-hydrogen) atoms. The van der Waals surface area contributed by atoms with Crippen LogP contribution >= 0.6 is 0 Å². The Morgan fingerprint density at radius 2 is 1.53 bits per heavy atom. The summed E-state index contributed by atoms with van der Waals surface area (Å²) in [6.07, 6.45) is 19.4. The highest BCUT2D eigenvalue weighted by atomic mass is 16.6. The predicted molar refractivity (Wildman–Crippen MR) is 151 cm³/mol. The van der Waals surface area contributed by atoms with Crippen LogP contribution in [0.1, 0.15) is 102 Å². The van der Waals surface area contributed by atoms with Crippen molar-refractivity contribution in [1.29, 1.82) is 0 Å². The van der Waals surface area contributed by atoms with Gasteiger partial charge in [-0.15, -0.1) is 0 Å². The molecule has 0 aromatic heterocycles. The number of hydrogen-bond acceptors (Lipinski definition) is 7. The van der Waals surface area contributed by atoms with E-state index in [4.69, 9.17) is 9.47 Å². The molecule has 0 aliphatic heterocycles. The number of aromatic hydroxyl groups is 1. The van der Waals surface area contributed by atoms with E-state index in [9.17, 15) is 24.9 Å². The molecule has 1 unspecified atom stereocenters. The van der Waals surface area contributed by atoms with E-state index in [2.05, 4.69) is 19.1 Å². The predicted octanol–water partition coefficient (Wildman–Crippen LogP) is 6.29. The van der Waals surface area contributed by atoms with Crippen LogP contribution in [0.3, 0.4) is 0 Å². The van der Waals surface area contributed by atoms with Gasteiger partial charge in [-0.1, -0.05) is 82.6 Å². The average Bonchev–Trinajstić information content (AvgIpc) is 2.92. The van der Waals surface area contributed by atoms with E-state index in [-0.39, 0.29) is 17.9 Å². The van der Waals surface area contributed by atoms with Crippen molar-refractivity contribution in [2.24, 2.45) is 0 Å². The molecule has 0 aliphatic carbocycles. The summed E-state index contributed by atoms with van der Waals surface area (Å²) in [6, 6.07) is 4.53. The maximum atomic E-state index is 12.3.